The van der Waals surface area contributed by atoms with Crippen LogP contribution in [0, 0.1) is 5.41 Å². The molecule has 0 aromatic carbocycles. The maximum absolute atomic E-state index is 12.5. The standard InChI is InChI=1S/C12H22N2O2S/c1-9(2)14(7-4-8-15)11(16)12(10(13)17)5-3-6-12/h9,15H,3-8H2,1-2H3,(H2,13,17). The van der Waals surface area contributed by atoms with Crippen LogP contribution in [0.25, 0.3) is 0 Å². The Labute approximate surface area is 108 Å². The SMILES string of the molecule is CC(C)N(CCCO)C(=O)C1(C(N)=S)CCC1. The van der Waals surface area contributed by atoms with Gasteiger partial charge < -0.3 is 15.7 Å². The van der Waals surface area contributed by atoms with Crippen molar-refractivity contribution in [3.05, 3.63) is 0 Å². The van der Waals surface area contributed by atoms with Crippen molar-refractivity contribution >= 4 is 23.1 Å². The number of carbonyl (C=O) groups excluding carboxylic acids is 1. The van der Waals surface area contributed by atoms with Crippen LogP contribution < -0.4 is 5.73 Å². The van der Waals surface area contributed by atoms with E-state index in [9.17, 15) is 4.79 Å². The van der Waals surface area contributed by atoms with Crippen LogP contribution in [0.15, 0.2) is 0 Å². The number of nitrogens with two attached hydrogens (primary N) is 1. The molecule has 0 heterocycles. The highest BCUT2D eigenvalue weighted by Gasteiger charge is 2.49. The molecule has 0 saturated heterocycles. The van der Waals surface area contributed by atoms with Gasteiger partial charge >= 0.3 is 0 Å². The molecule has 1 rings (SSSR count). The second kappa shape index (κ2) is 5.78. The van der Waals surface area contributed by atoms with Gasteiger partial charge in [-0.1, -0.05) is 18.6 Å². The molecule has 1 aliphatic rings. The van der Waals surface area contributed by atoms with Crippen molar-refractivity contribution in [3.8, 4) is 0 Å². The number of carbonyl (C=O) groups is 1. The highest BCUT2D eigenvalue weighted by molar-refractivity contribution is 7.80. The average Bonchev–Trinajstić information content (AvgIpc) is 2.15. The monoisotopic (exact) mass is 258 g/mol. The van der Waals surface area contributed by atoms with Crippen molar-refractivity contribution in [2.24, 2.45) is 11.1 Å². The van der Waals surface area contributed by atoms with Crippen molar-refractivity contribution in [2.75, 3.05) is 13.2 Å². The lowest BCUT2D eigenvalue weighted by Gasteiger charge is -2.44. The van der Waals surface area contributed by atoms with Crippen LogP contribution in [-0.2, 0) is 4.79 Å². The predicted octanol–water partition coefficient (Wildman–Crippen LogP) is 1.06. The van der Waals surface area contributed by atoms with Gasteiger partial charge in [-0.3, -0.25) is 4.79 Å². The van der Waals surface area contributed by atoms with Gasteiger partial charge in [0.15, 0.2) is 0 Å². The second-order valence-corrected chi connectivity index (χ2v) is 5.41. The van der Waals surface area contributed by atoms with Crippen LogP contribution in [0.4, 0.5) is 0 Å². The summed E-state index contributed by atoms with van der Waals surface area (Å²) in [4.78, 5) is 14.6. The summed E-state index contributed by atoms with van der Waals surface area (Å²) in [5.41, 5.74) is 5.13. The zero-order chi connectivity index (χ0) is 13.1. The van der Waals surface area contributed by atoms with E-state index in [1.165, 1.54) is 0 Å². The molecule has 0 radical (unpaired) electrons. The molecule has 3 N–H and O–H groups in total. The van der Waals surface area contributed by atoms with Crippen LogP contribution >= 0.6 is 12.2 Å². The van der Waals surface area contributed by atoms with E-state index in [-0.39, 0.29) is 18.6 Å². The molecular weight excluding hydrogens is 236 g/mol. The number of thiocarbonyl (C=S) groups is 1. The molecule has 17 heavy (non-hydrogen) atoms. The molecule has 1 amide bonds. The normalized spacial score (nSPS) is 17.6. The Morgan fingerprint density at radius 2 is 2.12 bits per heavy atom. The summed E-state index contributed by atoms with van der Waals surface area (Å²) in [5.74, 6) is 0.0414. The van der Waals surface area contributed by atoms with E-state index in [0.717, 1.165) is 19.3 Å². The predicted molar refractivity (Wildman–Crippen MR) is 71.6 cm³/mol. The van der Waals surface area contributed by atoms with E-state index in [2.05, 4.69) is 0 Å². The summed E-state index contributed by atoms with van der Waals surface area (Å²) >= 11 is 5.06. The molecule has 4 nitrogen and oxygen atoms in total. The molecule has 0 aromatic heterocycles. The van der Waals surface area contributed by atoms with Gasteiger partial charge in [-0.05, 0) is 33.1 Å². The molecule has 1 fully saturated rings. The highest BCUT2D eigenvalue weighted by atomic mass is 32.1. The summed E-state index contributed by atoms with van der Waals surface area (Å²) in [6.45, 7) is 4.61. The van der Waals surface area contributed by atoms with Crippen molar-refractivity contribution in [1.82, 2.24) is 4.90 Å². The van der Waals surface area contributed by atoms with Crippen LogP contribution in [0.5, 0.6) is 0 Å². The molecule has 98 valence electrons. The Balaban J connectivity index is 2.79. The minimum atomic E-state index is -0.602. The fraction of sp³-hybridized carbons (Fsp3) is 0.833. The van der Waals surface area contributed by atoms with Gasteiger partial charge in [-0.2, -0.15) is 0 Å². The fourth-order valence-corrected chi connectivity index (χ4v) is 2.50. The topological polar surface area (TPSA) is 66.6 Å². The van der Waals surface area contributed by atoms with E-state index in [0.29, 0.717) is 18.0 Å². The Hall–Kier alpha value is -0.680. The third kappa shape index (κ3) is 2.77. The smallest absolute Gasteiger partial charge is 0.235 e. The number of nitrogens with zero attached hydrogens (tertiary/aromatic N) is 1. The zero-order valence-corrected chi connectivity index (χ0v) is 11.4. The third-order valence-electron chi connectivity index (χ3n) is 3.53. The molecule has 0 bridgehead atoms. The summed E-state index contributed by atoms with van der Waals surface area (Å²) in [6, 6.07) is 0.112. The van der Waals surface area contributed by atoms with Gasteiger partial charge in [0.1, 0.15) is 0 Å². The van der Waals surface area contributed by atoms with Gasteiger partial charge in [-0.15, -0.1) is 0 Å². The number of rotatable bonds is 6. The molecule has 1 aliphatic carbocycles. The Bertz CT molecular complexity index is 301. The van der Waals surface area contributed by atoms with Crippen molar-refractivity contribution < 1.29 is 9.90 Å². The highest BCUT2D eigenvalue weighted by Crippen LogP contribution is 2.43. The first-order chi connectivity index (χ1) is 7.95. The van der Waals surface area contributed by atoms with E-state index < -0.39 is 5.41 Å². The number of amides is 1. The van der Waals surface area contributed by atoms with Gasteiger partial charge in [0, 0.05) is 19.2 Å². The summed E-state index contributed by atoms with van der Waals surface area (Å²) in [6.07, 6.45) is 3.14. The number of aliphatic hydroxyl groups is 1. The van der Waals surface area contributed by atoms with E-state index in [1.807, 2.05) is 13.8 Å². The molecular formula is C12H22N2O2S. The molecule has 0 spiro atoms. The summed E-state index contributed by atoms with van der Waals surface area (Å²) < 4.78 is 0. The molecule has 0 aromatic rings. The number of hydrogen-bond donors (Lipinski definition) is 2. The van der Waals surface area contributed by atoms with Crippen LogP contribution in [0.3, 0.4) is 0 Å². The first kappa shape index (κ1) is 14.4. The van der Waals surface area contributed by atoms with Crippen LogP contribution in [-0.4, -0.2) is 40.1 Å². The maximum atomic E-state index is 12.5. The molecule has 1 saturated carbocycles. The molecule has 0 unspecified atom stereocenters. The fourth-order valence-electron chi connectivity index (χ4n) is 2.21. The second-order valence-electron chi connectivity index (χ2n) is 4.97. The lowest BCUT2D eigenvalue weighted by molar-refractivity contribution is -0.143. The Morgan fingerprint density at radius 1 is 1.53 bits per heavy atom. The molecule has 0 atom stereocenters. The first-order valence-electron chi connectivity index (χ1n) is 6.17. The largest absolute Gasteiger partial charge is 0.396 e. The van der Waals surface area contributed by atoms with Gasteiger partial charge in [0.2, 0.25) is 5.91 Å². The zero-order valence-electron chi connectivity index (χ0n) is 10.6. The minimum absolute atomic E-state index is 0.0414. The van der Waals surface area contributed by atoms with Crippen LogP contribution in [0.1, 0.15) is 39.5 Å². The Morgan fingerprint density at radius 3 is 2.41 bits per heavy atom. The van der Waals surface area contributed by atoms with Crippen molar-refractivity contribution in [3.63, 3.8) is 0 Å². The van der Waals surface area contributed by atoms with Gasteiger partial charge in [-0.25, -0.2) is 0 Å². The summed E-state index contributed by atoms with van der Waals surface area (Å²) in [7, 11) is 0. The lowest BCUT2D eigenvalue weighted by Crippen LogP contribution is -2.56. The molecule has 0 aliphatic heterocycles. The third-order valence-corrected chi connectivity index (χ3v) is 3.92. The van der Waals surface area contributed by atoms with E-state index >= 15 is 0 Å². The quantitative estimate of drug-likeness (QED) is 0.699. The van der Waals surface area contributed by atoms with Gasteiger partial charge in [0.25, 0.3) is 0 Å². The molecule has 5 heteroatoms. The number of aliphatic hydroxyl groups excluding tert-OH is 1. The van der Waals surface area contributed by atoms with Crippen molar-refractivity contribution in [1.29, 1.82) is 0 Å². The number of hydrogen-bond acceptors (Lipinski definition) is 3. The Kier molecular flexibility index (Phi) is 4.89. The minimum Gasteiger partial charge on any atom is -0.396 e. The van der Waals surface area contributed by atoms with Gasteiger partial charge in [0.05, 0.1) is 10.4 Å². The van der Waals surface area contributed by atoms with E-state index in [4.69, 9.17) is 23.1 Å². The lowest BCUT2D eigenvalue weighted by atomic mass is 9.67. The first-order valence-corrected chi connectivity index (χ1v) is 6.58. The van der Waals surface area contributed by atoms with Crippen molar-refractivity contribution in [2.45, 2.75) is 45.6 Å². The maximum Gasteiger partial charge on any atom is 0.235 e. The average molecular weight is 258 g/mol. The summed E-state index contributed by atoms with van der Waals surface area (Å²) in [5, 5.41) is 8.87. The van der Waals surface area contributed by atoms with E-state index in [1.54, 1.807) is 4.90 Å². The van der Waals surface area contributed by atoms with Crippen LogP contribution in [0.2, 0.25) is 0 Å².